The highest BCUT2D eigenvalue weighted by Crippen LogP contribution is 2.38. The number of likely N-dealkylation sites (N-methyl/N-ethyl adjacent to an activating group) is 1. The Morgan fingerprint density at radius 1 is 1.17 bits per heavy atom. The highest BCUT2D eigenvalue weighted by atomic mass is 19.4. The van der Waals surface area contributed by atoms with E-state index in [2.05, 4.69) is 10.6 Å². The SMILES string of the molecule is CNC(=O)[C@]1(N)CC[C@](C)(CO[C@H](C)c2cc(C(F)(F)F)cc(C(F)(F)F)c2)NC1. The van der Waals surface area contributed by atoms with Gasteiger partial charge in [0.05, 0.1) is 23.8 Å². The number of rotatable bonds is 5. The number of hydrogen-bond donors (Lipinski definition) is 3. The summed E-state index contributed by atoms with van der Waals surface area (Å²) >= 11 is 0. The number of nitrogens with one attached hydrogen (secondary N) is 2. The van der Waals surface area contributed by atoms with Gasteiger partial charge in [-0.3, -0.25) is 4.79 Å². The standard InChI is InChI=1S/C19H25F6N3O2/c1-11(12-6-13(18(20,21)22)8-14(7-12)19(23,24)25)30-10-16(2)4-5-17(26,9-28-16)15(29)27-3/h6-8,11,28H,4-5,9-10,26H2,1-3H3,(H,27,29)/t11-,16-,17+/m1/s1. The fraction of sp³-hybridized carbons (Fsp3) is 0.632. The first-order valence-electron chi connectivity index (χ1n) is 9.27. The maximum absolute atomic E-state index is 13.0. The van der Waals surface area contributed by atoms with E-state index in [9.17, 15) is 31.1 Å². The van der Waals surface area contributed by atoms with E-state index in [1.165, 1.54) is 14.0 Å². The van der Waals surface area contributed by atoms with Gasteiger partial charge in [-0.05, 0) is 50.5 Å². The van der Waals surface area contributed by atoms with Crippen LogP contribution in [0.15, 0.2) is 18.2 Å². The highest BCUT2D eigenvalue weighted by Gasteiger charge is 2.42. The third-order valence-electron chi connectivity index (χ3n) is 5.36. The van der Waals surface area contributed by atoms with Gasteiger partial charge in [0.2, 0.25) is 5.91 Å². The monoisotopic (exact) mass is 441 g/mol. The molecule has 1 aliphatic rings. The second-order valence-electron chi connectivity index (χ2n) is 7.94. The second kappa shape index (κ2) is 8.35. The normalized spacial score (nSPS) is 26.3. The zero-order valence-corrected chi connectivity index (χ0v) is 16.8. The number of amides is 1. The van der Waals surface area contributed by atoms with Gasteiger partial charge in [0.15, 0.2) is 0 Å². The Balaban J connectivity index is 2.13. The van der Waals surface area contributed by atoms with Gasteiger partial charge in [0.1, 0.15) is 5.54 Å². The Labute approximate surface area is 170 Å². The van der Waals surface area contributed by atoms with Gasteiger partial charge in [0, 0.05) is 19.1 Å². The van der Waals surface area contributed by atoms with Gasteiger partial charge in [-0.1, -0.05) is 0 Å². The summed E-state index contributed by atoms with van der Waals surface area (Å²) in [5.41, 5.74) is 1.34. The molecule has 1 aliphatic heterocycles. The minimum absolute atomic E-state index is 0.00951. The number of carbonyl (C=O) groups is 1. The molecule has 0 radical (unpaired) electrons. The smallest absolute Gasteiger partial charge is 0.372 e. The van der Waals surface area contributed by atoms with Crippen LogP contribution in [-0.4, -0.2) is 37.2 Å². The van der Waals surface area contributed by atoms with Crippen molar-refractivity contribution in [2.45, 2.75) is 56.2 Å². The zero-order valence-electron chi connectivity index (χ0n) is 16.8. The summed E-state index contributed by atoms with van der Waals surface area (Å²) in [4.78, 5) is 11.9. The van der Waals surface area contributed by atoms with E-state index in [0.717, 1.165) is 0 Å². The predicted octanol–water partition coefficient (Wildman–Crippen LogP) is 3.39. The Morgan fingerprint density at radius 2 is 1.70 bits per heavy atom. The molecule has 1 saturated heterocycles. The molecule has 170 valence electrons. The van der Waals surface area contributed by atoms with Crippen LogP contribution in [0.4, 0.5) is 26.3 Å². The lowest BCUT2D eigenvalue weighted by Crippen LogP contribution is -2.67. The van der Waals surface area contributed by atoms with Crippen molar-refractivity contribution in [3.8, 4) is 0 Å². The number of alkyl halides is 6. The first-order chi connectivity index (χ1) is 13.6. The average molecular weight is 441 g/mol. The second-order valence-corrected chi connectivity index (χ2v) is 7.94. The number of ether oxygens (including phenoxy) is 1. The predicted molar refractivity (Wildman–Crippen MR) is 97.4 cm³/mol. The molecule has 30 heavy (non-hydrogen) atoms. The molecule has 0 aromatic heterocycles. The molecule has 11 heteroatoms. The van der Waals surface area contributed by atoms with E-state index in [4.69, 9.17) is 10.5 Å². The topological polar surface area (TPSA) is 76.4 Å². The molecule has 1 aromatic carbocycles. The molecule has 1 fully saturated rings. The molecule has 0 unspecified atom stereocenters. The Kier molecular flexibility index (Phi) is 6.80. The Morgan fingerprint density at radius 3 is 2.10 bits per heavy atom. The summed E-state index contributed by atoms with van der Waals surface area (Å²) in [6.45, 7) is 3.34. The number of carbonyl (C=O) groups excluding carboxylic acids is 1. The van der Waals surface area contributed by atoms with Crippen molar-refractivity contribution in [2.24, 2.45) is 5.73 Å². The molecular weight excluding hydrogens is 416 g/mol. The third-order valence-corrected chi connectivity index (χ3v) is 5.36. The molecule has 1 heterocycles. The van der Waals surface area contributed by atoms with Gasteiger partial charge >= 0.3 is 12.4 Å². The molecule has 4 N–H and O–H groups in total. The van der Waals surface area contributed by atoms with Crippen molar-refractivity contribution in [3.05, 3.63) is 34.9 Å². The van der Waals surface area contributed by atoms with Crippen LogP contribution in [0.5, 0.6) is 0 Å². The van der Waals surface area contributed by atoms with Gasteiger partial charge in [-0.2, -0.15) is 26.3 Å². The summed E-state index contributed by atoms with van der Waals surface area (Å²) in [6, 6.07) is 1.40. The summed E-state index contributed by atoms with van der Waals surface area (Å²) < 4.78 is 83.9. The van der Waals surface area contributed by atoms with Crippen LogP contribution in [0.3, 0.4) is 0 Å². The van der Waals surface area contributed by atoms with Crippen molar-refractivity contribution in [3.63, 3.8) is 0 Å². The van der Waals surface area contributed by atoms with Crippen molar-refractivity contribution in [2.75, 3.05) is 20.2 Å². The number of nitrogens with two attached hydrogens (primary N) is 1. The number of halogens is 6. The lowest BCUT2D eigenvalue weighted by atomic mass is 9.81. The molecule has 1 aromatic rings. The van der Waals surface area contributed by atoms with Crippen LogP contribution in [0.1, 0.15) is 49.5 Å². The lowest BCUT2D eigenvalue weighted by molar-refractivity contribution is -0.143. The maximum Gasteiger partial charge on any atom is 0.416 e. The van der Waals surface area contributed by atoms with E-state index in [-0.39, 0.29) is 30.7 Å². The fourth-order valence-corrected chi connectivity index (χ4v) is 3.23. The highest BCUT2D eigenvalue weighted by molar-refractivity contribution is 5.86. The summed E-state index contributed by atoms with van der Waals surface area (Å²) in [5.74, 6) is -0.324. The van der Waals surface area contributed by atoms with Crippen LogP contribution in [0.25, 0.3) is 0 Å². The van der Waals surface area contributed by atoms with Crippen LogP contribution in [0.2, 0.25) is 0 Å². The molecular formula is C19H25F6N3O2. The number of piperidine rings is 1. The van der Waals surface area contributed by atoms with E-state index in [1.807, 2.05) is 0 Å². The molecule has 0 aliphatic carbocycles. The van der Waals surface area contributed by atoms with Crippen LogP contribution in [-0.2, 0) is 21.9 Å². The molecule has 0 spiro atoms. The van der Waals surface area contributed by atoms with Crippen molar-refractivity contribution < 1.29 is 35.9 Å². The fourth-order valence-electron chi connectivity index (χ4n) is 3.23. The summed E-state index contributed by atoms with van der Waals surface area (Å²) in [7, 11) is 1.47. The van der Waals surface area contributed by atoms with E-state index < -0.39 is 40.7 Å². The van der Waals surface area contributed by atoms with Crippen molar-refractivity contribution in [1.29, 1.82) is 0 Å². The third kappa shape index (κ3) is 5.64. The molecule has 0 bridgehead atoms. The zero-order chi connectivity index (χ0) is 23.0. The maximum atomic E-state index is 13.0. The minimum atomic E-state index is -4.92. The van der Waals surface area contributed by atoms with Crippen LogP contribution < -0.4 is 16.4 Å². The van der Waals surface area contributed by atoms with Gasteiger partial charge in [-0.25, -0.2) is 0 Å². The van der Waals surface area contributed by atoms with E-state index in [1.54, 1.807) is 6.92 Å². The molecule has 5 nitrogen and oxygen atoms in total. The molecule has 3 atom stereocenters. The first kappa shape index (κ1) is 24.4. The molecule has 1 amide bonds. The summed E-state index contributed by atoms with van der Waals surface area (Å²) in [6.07, 6.45) is -10.1. The lowest BCUT2D eigenvalue weighted by Gasteiger charge is -2.43. The van der Waals surface area contributed by atoms with Gasteiger partial charge in [0.25, 0.3) is 0 Å². The van der Waals surface area contributed by atoms with Crippen LogP contribution in [0, 0.1) is 0 Å². The van der Waals surface area contributed by atoms with E-state index in [0.29, 0.717) is 25.0 Å². The minimum Gasteiger partial charge on any atom is -0.372 e. The average Bonchev–Trinajstić information content (AvgIpc) is 2.66. The molecule has 0 saturated carbocycles. The van der Waals surface area contributed by atoms with Crippen molar-refractivity contribution in [1.82, 2.24) is 10.6 Å². The van der Waals surface area contributed by atoms with Crippen LogP contribution >= 0.6 is 0 Å². The largest absolute Gasteiger partial charge is 0.416 e. The number of benzene rings is 1. The quantitative estimate of drug-likeness (QED) is 0.613. The Bertz CT molecular complexity index is 738. The van der Waals surface area contributed by atoms with Crippen molar-refractivity contribution >= 4 is 5.91 Å². The first-order valence-corrected chi connectivity index (χ1v) is 9.27. The van der Waals surface area contributed by atoms with Gasteiger partial charge < -0.3 is 21.1 Å². The van der Waals surface area contributed by atoms with E-state index >= 15 is 0 Å². The molecule has 2 rings (SSSR count). The van der Waals surface area contributed by atoms with Gasteiger partial charge in [-0.15, -0.1) is 0 Å². The number of hydrogen-bond acceptors (Lipinski definition) is 4. The Hall–Kier alpha value is -1.85. The summed E-state index contributed by atoms with van der Waals surface area (Å²) in [5, 5.41) is 5.60.